The van der Waals surface area contributed by atoms with E-state index >= 15 is 0 Å². The molecule has 31 heavy (non-hydrogen) atoms. The number of carbonyl (C=O) groups excluding carboxylic acids is 1. The number of anilines is 1. The van der Waals surface area contributed by atoms with Gasteiger partial charge >= 0.3 is 10.3 Å². The van der Waals surface area contributed by atoms with E-state index in [0.717, 1.165) is 0 Å². The summed E-state index contributed by atoms with van der Waals surface area (Å²) >= 11 is 0. The molecule has 1 aromatic heterocycles. The van der Waals surface area contributed by atoms with Gasteiger partial charge in [-0.05, 0) is 43.7 Å². The zero-order valence-corrected chi connectivity index (χ0v) is 18.4. The highest BCUT2D eigenvalue weighted by molar-refractivity contribution is 7.84. The maximum Gasteiger partial charge on any atom is 0.339 e. The van der Waals surface area contributed by atoms with Crippen LogP contribution in [0.1, 0.15) is 39.5 Å². The van der Waals surface area contributed by atoms with Gasteiger partial charge in [0.2, 0.25) is 5.91 Å². The van der Waals surface area contributed by atoms with E-state index in [4.69, 9.17) is 4.18 Å². The Morgan fingerprint density at radius 2 is 1.90 bits per heavy atom. The summed E-state index contributed by atoms with van der Waals surface area (Å²) in [6, 6.07) is 7.58. The van der Waals surface area contributed by atoms with Crippen LogP contribution in [0.5, 0.6) is 0 Å². The normalized spacial score (nSPS) is 26.3. The average Bonchev–Trinajstić information content (AvgIpc) is 3.32. The van der Waals surface area contributed by atoms with Crippen molar-refractivity contribution < 1.29 is 21.8 Å². The summed E-state index contributed by atoms with van der Waals surface area (Å²) in [5, 5.41) is 7.04. The van der Waals surface area contributed by atoms with Gasteiger partial charge in [0.25, 0.3) is 0 Å². The van der Waals surface area contributed by atoms with Crippen molar-refractivity contribution in [1.82, 2.24) is 14.1 Å². The van der Waals surface area contributed by atoms with Crippen LogP contribution < -0.4 is 5.32 Å². The van der Waals surface area contributed by atoms with Crippen LogP contribution in [0.2, 0.25) is 0 Å². The van der Waals surface area contributed by atoms with Crippen LogP contribution in [0.4, 0.5) is 10.2 Å². The van der Waals surface area contributed by atoms with Gasteiger partial charge in [-0.15, -0.1) is 5.10 Å². The predicted molar refractivity (Wildman–Crippen MR) is 113 cm³/mol. The summed E-state index contributed by atoms with van der Waals surface area (Å²) in [6.45, 7) is 4.16. The molecule has 1 aromatic carbocycles. The lowest BCUT2D eigenvalue weighted by atomic mass is 9.84. The number of nitrogens with one attached hydrogen (secondary N) is 1. The van der Waals surface area contributed by atoms with Crippen molar-refractivity contribution in [1.29, 1.82) is 0 Å². The molecular formula is C21H27FN4O4S. The van der Waals surface area contributed by atoms with Crippen LogP contribution in [0, 0.1) is 17.7 Å². The minimum atomic E-state index is -3.70. The second-order valence-electron chi connectivity index (χ2n) is 8.48. The number of rotatable bonds is 5. The number of halogens is 1. The molecule has 0 unspecified atom stereocenters. The molecule has 0 bridgehead atoms. The number of hydrogen-bond acceptors (Lipinski definition) is 5. The minimum absolute atomic E-state index is 0.149. The molecule has 0 radical (unpaired) electrons. The molecule has 1 saturated carbocycles. The molecular weight excluding hydrogens is 423 g/mol. The Morgan fingerprint density at radius 1 is 1.19 bits per heavy atom. The molecule has 2 aliphatic rings. The van der Waals surface area contributed by atoms with Crippen molar-refractivity contribution in [3.8, 4) is 5.69 Å². The molecule has 1 atom stereocenters. The van der Waals surface area contributed by atoms with Gasteiger partial charge in [0, 0.05) is 24.2 Å². The van der Waals surface area contributed by atoms with E-state index in [1.165, 1.54) is 15.1 Å². The Balaban J connectivity index is 1.36. The topological polar surface area (TPSA) is 93.5 Å². The smallest absolute Gasteiger partial charge is 0.309 e. The van der Waals surface area contributed by atoms with Gasteiger partial charge in [-0.2, -0.15) is 12.7 Å². The molecule has 4 rings (SSSR count). The molecule has 10 heteroatoms. The van der Waals surface area contributed by atoms with Crippen LogP contribution in [0.25, 0.3) is 5.69 Å². The van der Waals surface area contributed by atoms with E-state index in [1.54, 1.807) is 30.5 Å². The first-order valence-electron chi connectivity index (χ1n) is 10.6. The number of benzene rings is 1. The molecule has 2 heterocycles. The average molecular weight is 451 g/mol. The zero-order chi connectivity index (χ0) is 22.2. The summed E-state index contributed by atoms with van der Waals surface area (Å²) < 4.78 is 46.6. The summed E-state index contributed by atoms with van der Waals surface area (Å²) in [6.07, 6.45) is 3.97. The van der Waals surface area contributed by atoms with E-state index in [9.17, 15) is 17.6 Å². The molecule has 1 saturated heterocycles. The monoisotopic (exact) mass is 450 g/mol. The van der Waals surface area contributed by atoms with Crippen LogP contribution in [0.3, 0.4) is 0 Å². The molecule has 2 fully saturated rings. The van der Waals surface area contributed by atoms with Crippen molar-refractivity contribution in [2.75, 3.05) is 11.9 Å². The lowest BCUT2D eigenvalue weighted by Gasteiger charge is -2.35. The Hall–Kier alpha value is -2.30. The fourth-order valence-electron chi connectivity index (χ4n) is 4.38. The highest BCUT2D eigenvalue weighted by atomic mass is 32.2. The third-order valence-electron chi connectivity index (χ3n) is 6.11. The van der Waals surface area contributed by atoms with Crippen LogP contribution in [-0.4, -0.2) is 47.1 Å². The number of carbonyl (C=O) groups is 1. The highest BCUT2D eigenvalue weighted by Crippen LogP contribution is 2.35. The standard InChI is InChI=1S/C21H27FN4O4S/c1-14(2)19-13-30-31(28,29)26(19)16-9-7-15(8-10-16)21(27)23-20-11-12-25(24-20)18-6-4-3-5-17(18)22/h3-6,11-12,14-16,19H,7-10,13H2,1-2H3,(H,23,24,27)/t15-,16-,19-/m1/s1. The second kappa shape index (κ2) is 8.68. The molecule has 1 N–H and O–H groups in total. The van der Waals surface area contributed by atoms with Gasteiger partial charge in [0.05, 0.1) is 12.6 Å². The second-order valence-corrected chi connectivity index (χ2v) is 9.99. The van der Waals surface area contributed by atoms with Crippen molar-refractivity contribution >= 4 is 22.0 Å². The van der Waals surface area contributed by atoms with Crippen LogP contribution in [-0.2, 0) is 19.3 Å². The molecule has 1 amide bonds. The summed E-state index contributed by atoms with van der Waals surface area (Å²) in [7, 11) is -3.70. The number of hydrogen-bond donors (Lipinski definition) is 1. The quantitative estimate of drug-likeness (QED) is 0.756. The summed E-state index contributed by atoms with van der Waals surface area (Å²) in [5.41, 5.74) is 0.303. The lowest BCUT2D eigenvalue weighted by molar-refractivity contribution is -0.121. The zero-order valence-electron chi connectivity index (χ0n) is 17.6. The Labute approximate surface area is 181 Å². The Kier molecular flexibility index (Phi) is 6.14. The first-order valence-corrected chi connectivity index (χ1v) is 11.9. The van der Waals surface area contributed by atoms with Gasteiger partial charge in [0.1, 0.15) is 11.5 Å². The fourth-order valence-corrected chi connectivity index (χ4v) is 6.02. The van der Waals surface area contributed by atoms with Crippen molar-refractivity contribution in [2.24, 2.45) is 11.8 Å². The third kappa shape index (κ3) is 4.51. The number of para-hydroxylation sites is 1. The van der Waals surface area contributed by atoms with Gasteiger partial charge in [-0.1, -0.05) is 26.0 Å². The summed E-state index contributed by atoms with van der Waals surface area (Å²) in [5.74, 6) is -0.271. The van der Waals surface area contributed by atoms with Crippen molar-refractivity contribution in [3.05, 3.63) is 42.3 Å². The maximum absolute atomic E-state index is 13.9. The van der Waals surface area contributed by atoms with Crippen LogP contribution >= 0.6 is 0 Å². The Morgan fingerprint density at radius 3 is 2.58 bits per heavy atom. The van der Waals surface area contributed by atoms with Gasteiger partial charge < -0.3 is 5.32 Å². The minimum Gasteiger partial charge on any atom is -0.309 e. The van der Waals surface area contributed by atoms with Gasteiger partial charge in [-0.3, -0.25) is 8.98 Å². The summed E-state index contributed by atoms with van der Waals surface area (Å²) in [4.78, 5) is 12.7. The molecule has 1 aliphatic heterocycles. The maximum atomic E-state index is 13.9. The molecule has 1 aliphatic carbocycles. The van der Waals surface area contributed by atoms with Gasteiger partial charge in [-0.25, -0.2) is 9.07 Å². The highest BCUT2D eigenvalue weighted by Gasteiger charge is 2.45. The molecule has 8 nitrogen and oxygen atoms in total. The first kappa shape index (κ1) is 21.9. The predicted octanol–water partition coefficient (Wildman–Crippen LogP) is 3.11. The number of amides is 1. The number of nitrogens with zero attached hydrogens (tertiary/aromatic N) is 3. The Bertz CT molecular complexity index is 1050. The van der Waals surface area contributed by atoms with E-state index in [-0.39, 0.29) is 36.4 Å². The fraction of sp³-hybridized carbons (Fsp3) is 0.524. The van der Waals surface area contributed by atoms with Gasteiger partial charge in [0.15, 0.2) is 5.82 Å². The van der Waals surface area contributed by atoms with E-state index in [0.29, 0.717) is 37.2 Å². The lowest BCUT2D eigenvalue weighted by Crippen LogP contribution is -2.47. The molecule has 0 spiro atoms. The van der Waals surface area contributed by atoms with E-state index < -0.39 is 16.1 Å². The van der Waals surface area contributed by atoms with Crippen molar-refractivity contribution in [3.63, 3.8) is 0 Å². The van der Waals surface area contributed by atoms with Crippen molar-refractivity contribution in [2.45, 2.75) is 51.6 Å². The first-order chi connectivity index (χ1) is 14.8. The van der Waals surface area contributed by atoms with E-state index in [1.807, 2.05) is 13.8 Å². The third-order valence-corrected chi connectivity index (χ3v) is 7.63. The molecule has 168 valence electrons. The van der Waals surface area contributed by atoms with E-state index in [2.05, 4.69) is 10.4 Å². The molecule has 2 aromatic rings. The largest absolute Gasteiger partial charge is 0.339 e. The number of aromatic nitrogens is 2. The van der Waals surface area contributed by atoms with Crippen LogP contribution in [0.15, 0.2) is 36.5 Å². The SMILES string of the molecule is CC(C)[C@H]1COS(=O)(=O)N1[C@H]1CC[C@H](C(=O)Nc2ccn(-c3ccccc3F)n2)CC1.